The number of amides is 1. The molecule has 0 unspecified atom stereocenters. The van der Waals surface area contributed by atoms with Gasteiger partial charge in [-0.1, -0.05) is 48.5 Å². The Bertz CT molecular complexity index is 1150. The molecule has 0 saturated carbocycles. The van der Waals surface area contributed by atoms with Crippen molar-refractivity contribution in [1.29, 1.82) is 0 Å². The van der Waals surface area contributed by atoms with E-state index >= 15 is 0 Å². The molecule has 0 aromatic heterocycles. The van der Waals surface area contributed by atoms with Gasteiger partial charge in [0.2, 0.25) is 0 Å². The Morgan fingerprint density at radius 2 is 1.54 bits per heavy atom. The molecule has 0 spiro atoms. The summed E-state index contributed by atoms with van der Waals surface area (Å²) in [4.78, 5) is 26.3. The monoisotopic (exact) mass is 487 g/mol. The Kier molecular flexibility index (Phi) is 8.35. The minimum Gasteiger partial charge on any atom is -0.495 e. The number of anilines is 1. The highest BCUT2D eigenvalue weighted by atomic mass is 19.4. The summed E-state index contributed by atoms with van der Waals surface area (Å²) in [5.74, 6) is -1.88. The number of carbonyl (C=O) groups excluding carboxylic acids is 2. The molecule has 0 atom stereocenters. The third kappa shape index (κ3) is 6.99. The number of nitrogens with zero attached hydrogens (tertiary/aromatic N) is 1. The topological polar surface area (TPSA) is 65.1 Å². The van der Waals surface area contributed by atoms with E-state index in [9.17, 15) is 22.8 Å². The summed E-state index contributed by atoms with van der Waals surface area (Å²) in [6.45, 7) is 0.209. The Balaban J connectivity index is 1.91. The first-order valence-electron chi connectivity index (χ1n) is 10.7. The van der Waals surface area contributed by atoms with Crippen LogP contribution in [-0.4, -0.2) is 39.0 Å². The lowest BCUT2D eigenvalue weighted by atomic mass is 10.0. The smallest absolute Gasteiger partial charge is 0.495 e. The van der Waals surface area contributed by atoms with Crippen LogP contribution in [0, 0.1) is 0 Å². The molecule has 3 rings (SSSR count). The van der Waals surface area contributed by atoms with E-state index in [0.29, 0.717) is 35.4 Å². The molecule has 3 aromatic rings. The number of aryl methyl sites for hydroxylation is 1. The molecule has 35 heavy (non-hydrogen) atoms. The third-order valence-corrected chi connectivity index (χ3v) is 5.19. The van der Waals surface area contributed by atoms with Gasteiger partial charge in [-0.2, -0.15) is 0 Å². The lowest BCUT2D eigenvalue weighted by molar-refractivity contribution is -0.274. The van der Waals surface area contributed by atoms with Crippen molar-refractivity contribution in [2.24, 2.45) is 0 Å². The molecule has 184 valence electrons. The molecule has 0 aliphatic rings. The van der Waals surface area contributed by atoms with Crippen molar-refractivity contribution < 1.29 is 37.0 Å². The quantitative estimate of drug-likeness (QED) is 0.315. The zero-order valence-electron chi connectivity index (χ0n) is 19.2. The minimum absolute atomic E-state index is 0.209. The molecule has 0 fully saturated rings. The van der Waals surface area contributed by atoms with Gasteiger partial charge in [-0.15, -0.1) is 13.2 Å². The lowest BCUT2D eigenvalue weighted by Crippen LogP contribution is -2.38. The standard InChI is InChI=1S/C26H24F3NO5/c1-33-23-15-12-20(19-10-13-21(14-11-19)35-26(27,28)29)17-22(23)30(24(31)25(32)34-2)16-6-9-18-7-4-3-5-8-18/h3-5,7-8,10-15,17H,6,9,16H2,1-2H3. The SMILES string of the molecule is COC(=O)C(=O)N(CCCc1ccccc1)c1cc(-c2ccc(OC(F)(F)F)cc2)ccc1OC. The van der Waals surface area contributed by atoms with Crippen LogP contribution in [0.5, 0.6) is 11.5 Å². The maximum absolute atomic E-state index is 12.9. The van der Waals surface area contributed by atoms with Crippen LogP contribution in [0.15, 0.2) is 72.8 Å². The van der Waals surface area contributed by atoms with Crippen LogP contribution in [0.2, 0.25) is 0 Å². The molecule has 0 heterocycles. The van der Waals surface area contributed by atoms with Crippen LogP contribution in [-0.2, 0) is 20.7 Å². The molecule has 1 amide bonds. The lowest BCUT2D eigenvalue weighted by Gasteiger charge is -2.24. The van der Waals surface area contributed by atoms with Gasteiger partial charge in [-0.3, -0.25) is 9.69 Å². The van der Waals surface area contributed by atoms with Crippen LogP contribution >= 0.6 is 0 Å². The molecule has 6 nitrogen and oxygen atoms in total. The molecule has 0 aliphatic carbocycles. The largest absolute Gasteiger partial charge is 0.573 e. The highest BCUT2D eigenvalue weighted by molar-refractivity contribution is 6.38. The van der Waals surface area contributed by atoms with Crippen LogP contribution in [0.4, 0.5) is 18.9 Å². The molecule has 3 aromatic carbocycles. The Labute approximate surface area is 200 Å². The summed E-state index contributed by atoms with van der Waals surface area (Å²) < 4.78 is 51.4. The van der Waals surface area contributed by atoms with Gasteiger partial charge in [0.05, 0.1) is 19.9 Å². The van der Waals surface area contributed by atoms with Crippen LogP contribution < -0.4 is 14.4 Å². The highest BCUT2D eigenvalue weighted by Crippen LogP contribution is 2.35. The summed E-state index contributed by atoms with van der Waals surface area (Å²) in [6.07, 6.45) is -3.55. The Hall–Kier alpha value is -4.01. The second kappa shape index (κ2) is 11.4. The Morgan fingerprint density at radius 3 is 2.14 bits per heavy atom. The van der Waals surface area contributed by atoms with E-state index in [1.54, 1.807) is 18.2 Å². The van der Waals surface area contributed by atoms with Crippen molar-refractivity contribution in [2.45, 2.75) is 19.2 Å². The van der Waals surface area contributed by atoms with E-state index in [1.165, 1.54) is 36.3 Å². The van der Waals surface area contributed by atoms with Gasteiger partial charge in [-0.25, -0.2) is 4.79 Å². The van der Waals surface area contributed by atoms with Crippen molar-refractivity contribution in [1.82, 2.24) is 0 Å². The molecular weight excluding hydrogens is 463 g/mol. The predicted molar refractivity (Wildman–Crippen MR) is 124 cm³/mol. The molecule has 0 aliphatic heterocycles. The summed E-state index contributed by atoms with van der Waals surface area (Å²) in [5.41, 5.74) is 2.60. The number of hydrogen-bond acceptors (Lipinski definition) is 5. The first-order valence-corrected chi connectivity index (χ1v) is 10.7. The van der Waals surface area contributed by atoms with E-state index < -0.39 is 18.2 Å². The van der Waals surface area contributed by atoms with Crippen molar-refractivity contribution >= 4 is 17.6 Å². The van der Waals surface area contributed by atoms with Gasteiger partial charge in [0, 0.05) is 6.54 Å². The summed E-state index contributed by atoms with van der Waals surface area (Å²) in [7, 11) is 2.56. The maximum Gasteiger partial charge on any atom is 0.573 e. The number of ether oxygens (including phenoxy) is 3. The summed E-state index contributed by atoms with van der Waals surface area (Å²) in [6, 6.07) is 20.0. The molecule has 9 heteroatoms. The zero-order chi connectivity index (χ0) is 25.4. The summed E-state index contributed by atoms with van der Waals surface area (Å²) in [5, 5.41) is 0. The van der Waals surface area contributed by atoms with Gasteiger partial charge >= 0.3 is 18.2 Å². The van der Waals surface area contributed by atoms with Gasteiger partial charge in [0.25, 0.3) is 0 Å². The summed E-state index contributed by atoms with van der Waals surface area (Å²) >= 11 is 0. The second-order valence-corrected chi connectivity index (χ2v) is 7.50. The maximum atomic E-state index is 12.9. The van der Waals surface area contributed by atoms with Crippen molar-refractivity contribution in [3.63, 3.8) is 0 Å². The number of hydrogen-bond donors (Lipinski definition) is 0. The molecular formula is C26H24F3NO5. The number of esters is 1. The van der Waals surface area contributed by atoms with Crippen LogP contribution in [0.25, 0.3) is 11.1 Å². The average Bonchev–Trinajstić information content (AvgIpc) is 2.85. The number of alkyl halides is 3. The zero-order valence-corrected chi connectivity index (χ0v) is 19.2. The minimum atomic E-state index is -4.79. The van der Waals surface area contributed by atoms with Crippen molar-refractivity contribution in [3.8, 4) is 22.6 Å². The van der Waals surface area contributed by atoms with Gasteiger partial charge in [0.1, 0.15) is 11.5 Å². The first-order chi connectivity index (χ1) is 16.7. The molecule has 0 radical (unpaired) electrons. The molecule has 0 N–H and O–H groups in total. The highest BCUT2D eigenvalue weighted by Gasteiger charge is 2.31. The Morgan fingerprint density at radius 1 is 0.886 bits per heavy atom. The van der Waals surface area contributed by atoms with Gasteiger partial charge in [-0.05, 0) is 53.8 Å². The van der Waals surface area contributed by atoms with Crippen molar-refractivity contribution in [2.75, 3.05) is 25.7 Å². The second-order valence-electron chi connectivity index (χ2n) is 7.50. The van der Waals surface area contributed by atoms with E-state index in [4.69, 9.17) is 4.74 Å². The van der Waals surface area contributed by atoms with E-state index in [0.717, 1.165) is 12.7 Å². The number of benzene rings is 3. The van der Waals surface area contributed by atoms with Gasteiger partial charge in [0.15, 0.2) is 0 Å². The van der Waals surface area contributed by atoms with E-state index in [2.05, 4.69) is 9.47 Å². The van der Waals surface area contributed by atoms with Crippen molar-refractivity contribution in [3.05, 3.63) is 78.4 Å². The number of methoxy groups -OCH3 is 2. The molecule has 0 saturated heterocycles. The molecule has 0 bridgehead atoms. The normalized spacial score (nSPS) is 11.0. The fourth-order valence-electron chi connectivity index (χ4n) is 3.54. The number of halogens is 3. The predicted octanol–water partition coefficient (Wildman–Crippen LogP) is 5.40. The van der Waals surface area contributed by atoms with Crippen LogP contribution in [0.3, 0.4) is 0 Å². The fourth-order valence-corrected chi connectivity index (χ4v) is 3.54. The number of rotatable bonds is 8. The number of carbonyl (C=O) groups is 2. The fraction of sp³-hybridized carbons (Fsp3) is 0.231. The van der Waals surface area contributed by atoms with Gasteiger partial charge < -0.3 is 14.2 Å². The van der Waals surface area contributed by atoms with E-state index in [-0.39, 0.29) is 12.3 Å². The average molecular weight is 487 g/mol. The van der Waals surface area contributed by atoms with Crippen LogP contribution in [0.1, 0.15) is 12.0 Å². The first kappa shape index (κ1) is 25.6. The third-order valence-electron chi connectivity index (χ3n) is 5.19. The van der Waals surface area contributed by atoms with E-state index in [1.807, 2.05) is 30.3 Å².